The molecule has 0 aromatic carbocycles. The summed E-state index contributed by atoms with van der Waals surface area (Å²) >= 11 is 0. The van der Waals surface area contributed by atoms with Gasteiger partial charge in [0.15, 0.2) is 5.78 Å². The van der Waals surface area contributed by atoms with Crippen LogP contribution in [0, 0.1) is 5.92 Å². The van der Waals surface area contributed by atoms with Gasteiger partial charge in [-0.25, -0.2) is 0 Å². The molecule has 47 heavy (non-hydrogen) atoms. The van der Waals surface area contributed by atoms with E-state index in [4.69, 9.17) is 16.2 Å². The minimum absolute atomic E-state index is 0.244. The van der Waals surface area contributed by atoms with E-state index in [0.717, 1.165) is 38.5 Å². The Hall–Kier alpha value is -1.10. The molecule has 1 amide bonds. The molecule has 0 aromatic rings. The van der Waals surface area contributed by atoms with E-state index in [2.05, 4.69) is 13.8 Å². The van der Waals surface area contributed by atoms with Gasteiger partial charge in [-0.2, -0.15) is 0 Å². The van der Waals surface area contributed by atoms with Crippen molar-refractivity contribution in [2.45, 2.75) is 205 Å². The summed E-state index contributed by atoms with van der Waals surface area (Å²) in [7, 11) is 0. The van der Waals surface area contributed by atoms with Crippen LogP contribution in [0.25, 0.3) is 0 Å². The quantitative estimate of drug-likeness (QED) is 0.0395. The zero-order valence-corrected chi connectivity index (χ0v) is 30.5. The number of unbranched alkanes of at least 4 members (excludes halogenated alkanes) is 23. The third-order valence-electron chi connectivity index (χ3n) is 10.0. The standard InChI is InChI=1S/C38H75N3O6/c1-3-5-7-9-11-13-14-15-16-17-18-19-21-23-25-27-29-41(34(44)28-26-24-22-20-12-10-8-6-4-2)38(40)35(32(43)30-39)37(46)36(45)33(31-42)47-38/h33,35-37,42,45-46H,3-31,39-40H2,1-2H3/t33-,35-,36-,37-,38+/m1/s1. The van der Waals surface area contributed by atoms with Gasteiger partial charge < -0.3 is 30.7 Å². The first-order valence-electron chi connectivity index (χ1n) is 19.7. The number of aliphatic hydroxyl groups is 3. The predicted molar refractivity (Wildman–Crippen MR) is 192 cm³/mol. The molecule has 1 fully saturated rings. The van der Waals surface area contributed by atoms with Crippen molar-refractivity contribution in [3.8, 4) is 0 Å². The van der Waals surface area contributed by atoms with Crippen LogP contribution in [-0.2, 0) is 14.3 Å². The highest BCUT2D eigenvalue weighted by atomic mass is 16.6. The second kappa shape index (κ2) is 27.7. The van der Waals surface area contributed by atoms with Crippen molar-refractivity contribution < 1.29 is 29.6 Å². The van der Waals surface area contributed by atoms with Gasteiger partial charge >= 0.3 is 0 Å². The molecule has 1 aliphatic rings. The zero-order chi connectivity index (χ0) is 34.8. The van der Waals surface area contributed by atoms with Gasteiger partial charge in [0.25, 0.3) is 0 Å². The SMILES string of the molecule is CCCCCCCCCCCCCCCCCCN(C(=O)CCCCCCCCCCC)[C@]1(N)O[C@H](CO)[C@@H](O)[C@H](O)[C@H]1C(=O)CN. The number of aliphatic hydroxyl groups excluding tert-OH is 3. The summed E-state index contributed by atoms with van der Waals surface area (Å²) in [6.07, 6.45) is 25.7. The number of nitrogens with zero attached hydrogens (tertiary/aromatic N) is 1. The fourth-order valence-electron chi connectivity index (χ4n) is 7.01. The summed E-state index contributed by atoms with van der Waals surface area (Å²) < 4.78 is 5.94. The van der Waals surface area contributed by atoms with Gasteiger partial charge in [0.2, 0.25) is 11.8 Å². The van der Waals surface area contributed by atoms with E-state index in [1.807, 2.05) is 0 Å². The Morgan fingerprint density at radius 1 is 0.638 bits per heavy atom. The number of carbonyl (C=O) groups is 2. The Kier molecular flexibility index (Phi) is 25.9. The van der Waals surface area contributed by atoms with Crippen LogP contribution in [0.5, 0.6) is 0 Å². The second-order valence-corrected chi connectivity index (χ2v) is 14.1. The van der Waals surface area contributed by atoms with Crippen LogP contribution < -0.4 is 11.5 Å². The van der Waals surface area contributed by atoms with Crippen LogP contribution in [0.4, 0.5) is 0 Å². The second-order valence-electron chi connectivity index (χ2n) is 14.1. The van der Waals surface area contributed by atoms with Gasteiger partial charge in [-0.1, -0.05) is 162 Å². The van der Waals surface area contributed by atoms with Gasteiger partial charge in [-0.05, 0) is 12.8 Å². The fourth-order valence-corrected chi connectivity index (χ4v) is 7.01. The van der Waals surface area contributed by atoms with E-state index in [-0.39, 0.29) is 18.9 Å². The summed E-state index contributed by atoms with van der Waals surface area (Å²) in [5.74, 6) is -4.26. The van der Waals surface area contributed by atoms with Crippen molar-refractivity contribution >= 4 is 11.7 Å². The van der Waals surface area contributed by atoms with Crippen LogP contribution >= 0.6 is 0 Å². The molecule has 9 heteroatoms. The van der Waals surface area contributed by atoms with Gasteiger partial charge in [-0.3, -0.25) is 15.3 Å². The van der Waals surface area contributed by atoms with Crippen molar-refractivity contribution in [3.63, 3.8) is 0 Å². The highest BCUT2D eigenvalue weighted by Gasteiger charge is 2.58. The third-order valence-corrected chi connectivity index (χ3v) is 10.0. The van der Waals surface area contributed by atoms with Crippen LogP contribution in [-0.4, -0.2) is 75.8 Å². The Labute approximate surface area is 287 Å². The lowest BCUT2D eigenvalue weighted by molar-refractivity contribution is -0.291. The normalized spacial score (nSPS) is 22.9. The summed E-state index contributed by atoms with van der Waals surface area (Å²) in [5.41, 5.74) is 12.4. The molecule has 7 N–H and O–H groups in total. The molecule has 0 unspecified atom stereocenters. The number of ether oxygens (including phenoxy) is 1. The minimum atomic E-state index is -2.01. The van der Waals surface area contributed by atoms with E-state index in [0.29, 0.717) is 12.8 Å². The monoisotopic (exact) mass is 670 g/mol. The summed E-state index contributed by atoms with van der Waals surface area (Å²) in [5, 5.41) is 31.3. The molecule has 0 aromatic heterocycles. The molecule has 5 atom stereocenters. The summed E-state index contributed by atoms with van der Waals surface area (Å²) in [6.45, 7) is 3.71. The average Bonchev–Trinajstić information content (AvgIpc) is 3.06. The number of ketones is 1. The van der Waals surface area contributed by atoms with Crippen LogP contribution in [0.2, 0.25) is 0 Å². The lowest BCUT2D eigenvalue weighted by atomic mass is 9.82. The van der Waals surface area contributed by atoms with Gasteiger partial charge in [0.05, 0.1) is 19.3 Å². The van der Waals surface area contributed by atoms with Crippen molar-refractivity contribution in [3.05, 3.63) is 0 Å². The van der Waals surface area contributed by atoms with Crippen LogP contribution in [0.15, 0.2) is 0 Å². The van der Waals surface area contributed by atoms with Crippen molar-refractivity contribution in [2.75, 3.05) is 19.7 Å². The van der Waals surface area contributed by atoms with Gasteiger partial charge in [0.1, 0.15) is 18.1 Å². The summed E-state index contributed by atoms with van der Waals surface area (Å²) in [4.78, 5) is 28.0. The molecule has 0 spiro atoms. The molecule has 1 saturated heterocycles. The van der Waals surface area contributed by atoms with E-state index in [9.17, 15) is 24.9 Å². The molecule has 1 heterocycles. The smallest absolute Gasteiger partial charge is 0.225 e. The maximum atomic E-state index is 13.7. The maximum absolute atomic E-state index is 13.7. The Morgan fingerprint density at radius 3 is 1.40 bits per heavy atom. The highest BCUT2D eigenvalue weighted by Crippen LogP contribution is 2.36. The largest absolute Gasteiger partial charge is 0.394 e. The van der Waals surface area contributed by atoms with E-state index in [1.54, 1.807) is 0 Å². The molecular weight excluding hydrogens is 594 g/mol. The number of Topliss-reactive ketones (excluding diaryl/α,β-unsaturated/α-hetero) is 1. The molecule has 9 nitrogen and oxygen atoms in total. The number of carbonyl (C=O) groups excluding carboxylic acids is 2. The van der Waals surface area contributed by atoms with Crippen LogP contribution in [0.1, 0.15) is 181 Å². The molecule has 0 bridgehead atoms. The van der Waals surface area contributed by atoms with Crippen LogP contribution in [0.3, 0.4) is 0 Å². The lowest BCUT2D eigenvalue weighted by Gasteiger charge is -2.52. The third kappa shape index (κ3) is 17.4. The summed E-state index contributed by atoms with van der Waals surface area (Å²) in [6, 6.07) is 0. The van der Waals surface area contributed by atoms with Crippen molar-refractivity contribution in [1.29, 1.82) is 0 Å². The van der Waals surface area contributed by atoms with Gasteiger partial charge in [0, 0.05) is 13.0 Å². The Morgan fingerprint density at radius 2 is 1.02 bits per heavy atom. The zero-order valence-electron chi connectivity index (χ0n) is 30.5. The molecular formula is C38H75N3O6. The predicted octanol–water partition coefficient (Wildman–Crippen LogP) is 6.87. The first-order valence-corrected chi connectivity index (χ1v) is 19.7. The molecule has 0 saturated carbocycles. The first kappa shape index (κ1) is 43.9. The van der Waals surface area contributed by atoms with E-state index in [1.165, 1.54) is 114 Å². The van der Waals surface area contributed by atoms with Crippen molar-refractivity contribution in [2.24, 2.45) is 17.4 Å². The number of hydrogen-bond acceptors (Lipinski definition) is 8. The fraction of sp³-hybridized carbons (Fsp3) is 0.947. The highest BCUT2D eigenvalue weighted by molar-refractivity contribution is 5.86. The molecule has 278 valence electrons. The molecule has 0 aliphatic carbocycles. The first-order chi connectivity index (χ1) is 22.8. The minimum Gasteiger partial charge on any atom is -0.394 e. The number of rotatable bonds is 31. The molecule has 1 rings (SSSR count). The number of hydrogen-bond donors (Lipinski definition) is 5. The number of nitrogens with two attached hydrogens (primary N) is 2. The maximum Gasteiger partial charge on any atom is 0.225 e. The molecule has 0 radical (unpaired) electrons. The van der Waals surface area contributed by atoms with Gasteiger partial charge in [-0.15, -0.1) is 0 Å². The Balaban J connectivity index is 2.61. The van der Waals surface area contributed by atoms with Crippen molar-refractivity contribution in [1.82, 2.24) is 4.90 Å². The molecule has 1 aliphatic heterocycles. The van der Waals surface area contributed by atoms with E-state index >= 15 is 0 Å². The number of amides is 1. The lowest BCUT2D eigenvalue weighted by Crippen LogP contribution is -2.75. The Bertz CT molecular complexity index is 787. The average molecular weight is 670 g/mol. The topological polar surface area (TPSA) is 159 Å². The van der Waals surface area contributed by atoms with E-state index < -0.39 is 49.0 Å².